The molecule has 0 aliphatic rings. The number of amides is 1. The van der Waals surface area contributed by atoms with E-state index in [0.717, 1.165) is 11.3 Å². The molecule has 1 aromatic carbocycles. The lowest BCUT2D eigenvalue weighted by Crippen LogP contribution is -2.22. The van der Waals surface area contributed by atoms with Crippen LogP contribution in [-0.2, 0) is 16.6 Å². The summed E-state index contributed by atoms with van der Waals surface area (Å²) in [6.07, 6.45) is 0. The van der Waals surface area contributed by atoms with Crippen LogP contribution >= 0.6 is 0 Å². The van der Waals surface area contributed by atoms with Gasteiger partial charge < -0.3 is 15.2 Å². The second-order valence-electron chi connectivity index (χ2n) is 7.61. The molecule has 0 bridgehead atoms. The number of carbonyl (C=O) groups is 2. The van der Waals surface area contributed by atoms with Crippen molar-refractivity contribution in [2.75, 3.05) is 11.9 Å². The fraction of sp³-hybridized carbons (Fsp3) is 0.476. The Labute approximate surface area is 165 Å². The highest BCUT2D eigenvalue weighted by molar-refractivity contribution is 5.97. The number of hydrogen-bond acceptors (Lipinski definition) is 5. The van der Waals surface area contributed by atoms with Crippen molar-refractivity contribution < 1.29 is 19.4 Å². The zero-order chi connectivity index (χ0) is 21.2. The number of phenols is 1. The maximum atomic E-state index is 12.5. The van der Waals surface area contributed by atoms with Crippen molar-refractivity contribution in [2.45, 2.75) is 53.4 Å². The number of aryl methyl sites for hydroxylation is 2. The van der Waals surface area contributed by atoms with Gasteiger partial charge in [0.2, 0.25) is 0 Å². The van der Waals surface area contributed by atoms with Crippen molar-refractivity contribution in [3.8, 4) is 5.75 Å². The molecule has 0 radical (unpaired) electrons. The Bertz CT molecular complexity index is 898. The van der Waals surface area contributed by atoms with Gasteiger partial charge in [-0.1, -0.05) is 33.8 Å². The molecule has 0 spiro atoms. The monoisotopic (exact) mass is 387 g/mol. The molecule has 0 fully saturated rings. The number of esters is 1. The van der Waals surface area contributed by atoms with Gasteiger partial charge in [-0.3, -0.25) is 9.48 Å². The van der Waals surface area contributed by atoms with Crippen LogP contribution in [0.25, 0.3) is 0 Å². The van der Waals surface area contributed by atoms with Gasteiger partial charge in [0.1, 0.15) is 11.3 Å². The fourth-order valence-electron chi connectivity index (χ4n) is 2.95. The topological polar surface area (TPSA) is 93.5 Å². The third-order valence-electron chi connectivity index (χ3n) is 4.78. The van der Waals surface area contributed by atoms with Crippen LogP contribution in [0.1, 0.15) is 72.4 Å². The van der Waals surface area contributed by atoms with Crippen LogP contribution in [-0.4, -0.2) is 33.4 Å². The molecule has 1 heterocycles. The Balaban J connectivity index is 2.15. The molecule has 0 saturated carbocycles. The van der Waals surface area contributed by atoms with Gasteiger partial charge in [0.05, 0.1) is 17.1 Å². The van der Waals surface area contributed by atoms with E-state index in [1.165, 1.54) is 0 Å². The average molecular weight is 387 g/mol. The molecule has 7 heteroatoms. The number of aromatic nitrogens is 2. The first kappa shape index (κ1) is 21.5. The number of anilines is 1. The van der Waals surface area contributed by atoms with E-state index >= 15 is 0 Å². The number of hydrogen-bond donors (Lipinski definition) is 2. The zero-order valence-electron chi connectivity index (χ0n) is 17.6. The largest absolute Gasteiger partial charge is 0.507 e. The first-order valence-electron chi connectivity index (χ1n) is 9.36. The van der Waals surface area contributed by atoms with Crippen LogP contribution in [0.3, 0.4) is 0 Å². The average Bonchev–Trinajstić information content (AvgIpc) is 2.85. The standard InChI is InChI=1S/C21H29N3O4/c1-11(2)15-8-16(12(3)4)20(26)17(9-15)21(27)28-10-18(25)22-19-13(5)23-24(7)14(19)6/h8-9,11-12,26H,10H2,1-7H3,(H,22,25). The minimum absolute atomic E-state index is 0.0464. The van der Waals surface area contributed by atoms with Gasteiger partial charge in [-0.25, -0.2) is 4.79 Å². The van der Waals surface area contributed by atoms with Crippen molar-refractivity contribution in [3.63, 3.8) is 0 Å². The van der Waals surface area contributed by atoms with E-state index in [1.807, 2.05) is 40.7 Å². The molecule has 2 aromatic rings. The summed E-state index contributed by atoms with van der Waals surface area (Å²) in [6.45, 7) is 11.1. The van der Waals surface area contributed by atoms with Crippen LogP contribution in [0.4, 0.5) is 5.69 Å². The van der Waals surface area contributed by atoms with E-state index in [-0.39, 0.29) is 23.1 Å². The summed E-state index contributed by atoms with van der Waals surface area (Å²) in [4.78, 5) is 24.7. The first-order valence-corrected chi connectivity index (χ1v) is 9.36. The van der Waals surface area contributed by atoms with Crippen molar-refractivity contribution in [1.29, 1.82) is 0 Å². The van der Waals surface area contributed by atoms with E-state index in [1.54, 1.807) is 24.7 Å². The lowest BCUT2D eigenvalue weighted by Gasteiger charge is -2.16. The highest BCUT2D eigenvalue weighted by atomic mass is 16.5. The highest BCUT2D eigenvalue weighted by Gasteiger charge is 2.21. The Morgan fingerprint density at radius 3 is 2.32 bits per heavy atom. The quantitative estimate of drug-likeness (QED) is 0.736. The number of carbonyl (C=O) groups excluding carboxylic acids is 2. The molecule has 1 aromatic heterocycles. The summed E-state index contributed by atoms with van der Waals surface area (Å²) in [5.41, 5.74) is 3.79. The third kappa shape index (κ3) is 4.52. The van der Waals surface area contributed by atoms with Crippen LogP contribution in [0.5, 0.6) is 5.75 Å². The molecule has 0 atom stereocenters. The molecule has 1 amide bonds. The Morgan fingerprint density at radius 1 is 1.18 bits per heavy atom. The highest BCUT2D eigenvalue weighted by Crippen LogP contribution is 2.33. The molecule has 0 unspecified atom stereocenters. The lowest BCUT2D eigenvalue weighted by molar-refractivity contribution is -0.119. The lowest BCUT2D eigenvalue weighted by atomic mass is 9.92. The summed E-state index contributed by atoms with van der Waals surface area (Å²) in [5.74, 6) is -1.05. The summed E-state index contributed by atoms with van der Waals surface area (Å²) in [7, 11) is 1.79. The van der Waals surface area contributed by atoms with Gasteiger partial charge in [0.15, 0.2) is 6.61 Å². The molecular weight excluding hydrogens is 358 g/mol. The predicted octanol–water partition coefficient (Wildman–Crippen LogP) is 3.78. The van der Waals surface area contributed by atoms with E-state index in [0.29, 0.717) is 16.9 Å². The maximum absolute atomic E-state index is 12.5. The third-order valence-corrected chi connectivity index (χ3v) is 4.78. The summed E-state index contributed by atoms with van der Waals surface area (Å²) < 4.78 is 6.83. The zero-order valence-corrected chi connectivity index (χ0v) is 17.6. The number of nitrogens with zero attached hydrogens (tertiary/aromatic N) is 2. The Morgan fingerprint density at radius 2 is 1.82 bits per heavy atom. The van der Waals surface area contributed by atoms with Crippen molar-refractivity contribution in [2.24, 2.45) is 7.05 Å². The Hall–Kier alpha value is -2.83. The van der Waals surface area contributed by atoms with Gasteiger partial charge in [-0.05, 0) is 42.9 Å². The normalized spacial score (nSPS) is 11.2. The summed E-state index contributed by atoms with van der Waals surface area (Å²) in [5, 5.41) is 17.4. The fourth-order valence-corrected chi connectivity index (χ4v) is 2.95. The van der Waals surface area contributed by atoms with Gasteiger partial charge in [0.25, 0.3) is 5.91 Å². The smallest absolute Gasteiger partial charge is 0.342 e. The molecule has 0 saturated heterocycles. The van der Waals surface area contributed by atoms with Crippen LogP contribution < -0.4 is 5.32 Å². The predicted molar refractivity (Wildman–Crippen MR) is 108 cm³/mol. The molecule has 2 N–H and O–H groups in total. The Kier molecular flexibility index (Phi) is 6.48. The van der Waals surface area contributed by atoms with Gasteiger partial charge in [-0.15, -0.1) is 0 Å². The van der Waals surface area contributed by atoms with Gasteiger partial charge >= 0.3 is 5.97 Å². The molecule has 28 heavy (non-hydrogen) atoms. The van der Waals surface area contributed by atoms with E-state index < -0.39 is 18.5 Å². The van der Waals surface area contributed by atoms with E-state index in [9.17, 15) is 14.7 Å². The minimum Gasteiger partial charge on any atom is -0.507 e. The van der Waals surface area contributed by atoms with Gasteiger partial charge in [-0.2, -0.15) is 5.10 Å². The second kappa shape index (κ2) is 8.46. The van der Waals surface area contributed by atoms with Gasteiger partial charge in [0, 0.05) is 7.05 Å². The molecule has 7 nitrogen and oxygen atoms in total. The number of phenolic OH excluding ortho intramolecular Hbond substituents is 1. The number of rotatable bonds is 6. The van der Waals surface area contributed by atoms with E-state index in [2.05, 4.69) is 10.4 Å². The number of ether oxygens (including phenoxy) is 1. The number of benzene rings is 1. The summed E-state index contributed by atoms with van der Waals surface area (Å²) >= 11 is 0. The van der Waals surface area contributed by atoms with Crippen molar-refractivity contribution in [3.05, 3.63) is 40.2 Å². The van der Waals surface area contributed by atoms with E-state index in [4.69, 9.17) is 4.74 Å². The second-order valence-corrected chi connectivity index (χ2v) is 7.61. The molecule has 0 aliphatic carbocycles. The van der Waals surface area contributed by atoms with Crippen LogP contribution in [0, 0.1) is 13.8 Å². The SMILES string of the molecule is Cc1nn(C)c(C)c1NC(=O)COC(=O)c1cc(C(C)C)cc(C(C)C)c1O. The van der Waals surface area contributed by atoms with Crippen molar-refractivity contribution >= 4 is 17.6 Å². The molecule has 0 aliphatic heterocycles. The maximum Gasteiger partial charge on any atom is 0.342 e. The van der Waals surface area contributed by atoms with Crippen LogP contribution in [0.15, 0.2) is 12.1 Å². The number of nitrogens with one attached hydrogen (secondary N) is 1. The number of aromatic hydroxyl groups is 1. The molecule has 2 rings (SSSR count). The van der Waals surface area contributed by atoms with Crippen molar-refractivity contribution in [1.82, 2.24) is 9.78 Å². The van der Waals surface area contributed by atoms with Crippen LogP contribution in [0.2, 0.25) is 0 Å². The minimum atomic E-state index is -0.725. The first-order chi connectivity index (χ1) is 13.0. The molecule has 152 valence electrons. The molecular formula is C21H29N3O4. The summed E-state index contributed by atoms with van der Waals surface area (Å²) in [6, 6.07) is 3.53.